The van der Waals surface area contributed by atoms with Gasteiger partial charge in [0.1, 0.15) is 18.4 Å². The number of nitrogens with zero attached hydrogens (tertiary/aromatic N) is 1. The SMILES string of the molecule is OCCN1C[C@H](OCc2ccccc2)[C@@H](OCc2ccccc2)[C@H](OCc2ccccc2)[C@@H]1OCc1ccccc1. The van der Waals surface area contributed by atoms with Crippen molar-refractivity contribution in [1.82, 2.24) is 4.90 Å². The Morgan fingerprint density at radius 1 is 0.512 bits per heavy atom. The molecule has 4 aromatic rings. The van der Waals surface area contributed by atoms with Crippen molar-refractivity contribution < 1.29 is 24.1 Å². The van der Waals surface area contributed by atoms with Gasteiger partial charge in [-0.25, -0.2) is 0 Å². The van der Waals surface area contributed by atoms with E-state index in [1.165, 1.54) is 0 Å². The van der Waals surface area contributed by atoms with Gasteiger partial charge >= 0.3 is 0 Å². The summed E-state index contributed by atoms with van der Waals surface area (Å²) in [6.45, 7) is 2.66. The Morgan fingerprint density at radius 3 is 1.34 bits per heavy atom. The molecular formula is C35H39NO5. The van der Waals surface area contributed by atoms with Crippen molar-refractivity contribution in [2.24, 2.45) is 0 Å². The molecule has 0 aliphatic carbocycles. The summed E-state index contributed by atoms with van der Waals surface area (Å²) in [5.41, 5.74) is 4.31. The minimum Gasteiger partial charge on any atom is -0.395 e. The van der Waals surface area contributed by atoms with Gasteiger partial charge in [-0.1, -0.05) is 121 Å². The molecule has 6 heteroatoms. The smallest absolute Gasteiger partial charge is 0.140 e. The molecule has 1 heterocycles. The lowest BCUT2D eigenvalue weighted by molar-refractivity contribution is -0.257. The van der Waals surface area contributed by atoms with Crippen molar-refractivity contribution in [2.45, 2.75) is 51.0 Å². The molecule has 214 valence electrons. The van der Waals surface area contributed by atoms with Gasteiger partial charge in [-0.15, -0.1) is 0 Å². The van der Waals surface area contributed by atoms with E-state index in [1.807, 2.05) is 84.9 Å². The van der Waals surface area contributed by atoms with Crippen LogP contribution in [0.4, 0.5) is 0 Å². The maximum Gasteiger partial charge on any atom is 0.140 e. The van der Waals surface area contributed by atoms with Gasteiger partial charge in [-0.2, -0.15) is 0 Å². The fourth-order valence-electron chi connectivity index (χ4n) is 5.16. The van der Waals surface area contributed by atoms with E-state index in [0.29, 0.717) is 39.5 Å². The van der Waals surface area contributed by atoms with Crippen LogP contribution in [-0.2, 0) is 45.4 Å². The Hall–Kier alpha value is -3.36. The van der Waals surface area contributed by atoms with Gasteiger partial charge < -0.3 is 24.1 Å². The number of aliphatic hydroxyl groups excluding tert-OH is 1. The van der Waals surface area contributed by atoms with E-state index in [4.69, 9.17) is 18.9 Å². The number of benzene rings is 4. The second-order valence-electron chi connectivity index (χ2n) is 10.3. The normalized spacial score (nSPS) is 21.1. The molecule has 0 bridgehead atoms. The highest BCUT2D eigenvalue weighted by atomic mass is 16.6. The Balaban J connectivity index is 1.43. The molecule has 1 N–H and O–H groups in total. The van der Waals surface area contributed by atoms with Crippen molar-refractivity contribution >= 4 is 0 Å². The Bertz CT molecular complexity index is 1260. The molecule has 1 aliphatic rings. The minimum absolute atomic E-state index is 0.00243. The van der Waals surface area contributed by atoms with Crippen LogP contribution in [0.2, 0.25) is 0 Å². The van der Waals surface area contributed by atoms with Crippen molar-refractivity contribution in [3.63, 3.8) is 0 Å². The number of β-amino-alcohol motifs (C(OH)–C–C–N with tert-alkyl or cyclic N) is 1. The second-order valence-corrected chi connectivity index (χ2v) is 10.3. The zero-order chi connectivity index (χ0) is 28.1. The van der Waals surface area contributed by atoms with Crippen LogP contribution in [-0.4, -0.2) is 54.2 Å². The Labute approximate surface area is 243 Å². The van der Waals surface area contributed by atoms with E-state index < -0.39 is 18.4 Å². The molecule has 0 saturated carbocycles. The summed E-state index contributed by atoms with van der Waals surface area (Å²) in [5, 5.41) is 10.0. The summed E-state index contributed by atoms with van der Waals surface area (Å²) in [5.74, 6) is 0. The van der Waals surface area contributed by atoms with Crippen LogP contribution in [0.5, 0.6) is 0 Å². The van der Waals surface area contributed by atoms with E-state index in [9.17, 15) is 5.11 Å². The molecule has 1 saturated heterocycles. The summed E-state index contributed by atoms with van der Waals surface area (Å²) in [6.07, 6.45) is -1.62. The molecule has 0 spiro atoms. The predicted molar refractivity (Wildman–Crippen MR) is 159 cm³/mol. The molecule has 5 rings (SSSR count). The zero-order valence-electron chi connectivity index (χ0n) is 23.3. The summed E-state index contributed by atoms with van der Waals surface area (Å²) in [4.78, 5) is 2.12. The highest BCUT2D eigenvalue weighted by molar-refractivity contribution is 5.16. The first-order valence-electron chi connectivity index (χ1n) is 14.3. The molecule has 6 nitrogen and oxygen atoms in total. The van der Waals surface area contributed by atoms with E-state index in [0.717, 1.165) is 22.3 Å². The molecule has 0 aromatic heterocycles. The van der Waals surface area contributed by atoms with Crippen molar-refractivity contribution in [1.29, 1.82) is 0 Å². The van der Waals surface area contributed by atoms with Crippen molar-refractivity contribution in [3.05, 3.63) is 144 Å². The van der Waals surface area contributed by atoms with E-state index in [2.05, 4.69) is 41.3 Å². The average molecular weight is 554 g/mol. The molecule has 1 aliphatic heterocycles. The van der Waals surface area contributed by atoms with Crippen molar-refractivity contribution in [3.8, 4) is 0 Å². The Morgan fingerprint density at radius 2 is 0.902 bits per heavy atom. The third-order valence-corrected chi connectivity index (χ3v) is 7.27. The lowest BCUT2D eigenvalue weighted by atomic mass is 9.98. The van der Waals surface area contributed by atoms with E-state index in [1.54, 1.807) is 0 Å². The molecule has 0 amide bonds. The second kappa shape index (κ2) is 15.6. The summed E-state index contributed by atoms with van der Waals surface area (Å²) in [6, 6.07) is 40.5. The monoisotopic (exact) mass is 553 g/mol. The molecule has 4 atom stereocenters. The number of likely N-dealkylation sites (tertiary alicyclic amines) is 1. The number of aliphatic hydroxyl groups is 1. The summed E-state index contributed by atoms with van der Waals surface area (Å²) < 4.78 is 26.5. The molecule has 4 aromatic carbocycles. The minimum atomic E-state index is -0.469. The lowest BCUT2D eigenvalue weighted by Crippen LogP contribution is -2.64. The van der Waals surface area contributed by atoms with Crippen LogP contribution < -0.4 is 0 Å². The van der Waals surface area contributed by atoms with Crippen molar-refractivity contribution in [2.75, 3.05) is 19.7 Å². The first kappa shape index (κ1) is 29.1. The van der Waals surface area contributed by atoms with E-state index >= 15 is 0 Å². The quantitative estimate of drug-likeness (QED) is 0.220. The van der Waals surface area contributed by atoms with Gasteiger partial charge in [0.2, 0.25) is 0 Å². The van der Waals surface area contributed by atoms with Gasteiger partial charge in [-0.05, 0) is 22.3 Å². The van der Waals surface area contributed by atoms with E-state index in [-0.39, 0.29) is 12.7 Å². The first-order valence-corrected chi connectivity index (χ1v) is 14.3. The zero-order valence-corrected chi connectivity index (χ0v) is 23.3. The fourth-order valence-corrected chi connectivity index (χ4v) is 5.16. The third-order valence-electron chi connectivity index (χ3n) is 7.27. The van der Waals surface area contributed by atoms with Gasteiger partial charge in [0.15, 0.2) is 0 Å². The summed E-state index contributed by atoms with van der Waals surface area (Å²) >= 11 is 0. The fraction of sp³-hybridized carbons (Fsp3) is 0.314. The number of rotatable bonds is 14. The maximum absolute atomic E-state index is 10.0. The van der Waals surface area contributed by atoms with Crippen LogP contribution in [0.15, 0.2) is 121 Å². The summed E-state index contributed by atoms with van der Waals surface area (Å²) in [7, 11) is 0. The van der Waals surface area contributed by atoms with Crippen LogP contribution in [0, 0.1) is 0 Å². The predicted octanol–water partition coefficient (Wildman–Crippen LogP) is 5.59. The van der Waals surface area contributed by atoms with Crippen LogP contribution in [0.25, 0.3) is 0 Å². The highest BCUT2D eigenvalue weighted by Gasteiger charge is 2.46. The number of ether oxygens (including phenoxy) is 4. The largest absolute Gasteiger partial charge is 0.395 e. The molecule has 1 fully saturated rings. The number of hydrogen-bond acceptors (Lipinski definition) is 6. The van der Waals surface area contributed by atoms with Crippen LogP contribution in [0.3, 0.4) is 0 Å². The molecular weight excluding hydrogens is 514 g/mol. The number of piperidine rings is 1. The molecule has 0 radical (unpaired) electrons. The van der Waals surface area contributed by atoms with Crippen LogP contribution >= 0.6 is 0 Å². The Kier molecular flexibility index (Phi) is 11.1. The van der Waals surface area contributed by atoms with Crippen LogP contribution in [0.1, 0.15) is 22.3 Å². The van der Waals surface area contributed by atoms with Gasteiger partial charge in [0.05, 0.1) is 39.1 Å². The third kappa shape index (κ3) is 8.57. The topological polar surface area (TPSA) is 60.4 Å². The lowest BCUT2D eigenvalue weighted by Gasteiger charge is -2.48. The molecule has 0 unspecified atom stereocenters. The highest BCUT2D eigenvalue weighted by Crippen LogP contribution is 2.30. The van der Waals surface area contributed by atoms with Gasteiger partial charge in [0.25, 0.3) is 0 Å². The standard InChI is InChI=1S/C35H39NO5/c37-22-21-36-23-32(38-24-28-13-5-1-6-14-28)33(39-25-29-15-7-2-8-16-29)34(40-26-30-17-9-3-10-18-30)35(36)41-27-31-19-11-4-12-20-31/h1-20,32-35,37H,21-27H2/t32-,33+,34-,35-/m0/s1. The molecule has 41 heavy (non-hydrogen) atoms. The van der Waals surface area contributed by atoms with Gasteiger partial charge in [-0.3, -0.25) is 4.90 Å². The average Bonchev–Trinajstić information content (AvgIpc) is 3.03. The first-order chi connectivity index (χ1) is 20.3. The van der Waals surface area contributed by atoms with Gasteiger partial charge in [0, 0.05) is 13.1 Å². The maximum atomic E-state index is 10.0. The number of hydrogen-bond donors (Lipinski definition) is 1.